The van der Waals surface area contributed by atoms with Gasteiger partial charge in [0.2, 0.25) is 5.91 Å². The van der Waals surface area contributed by atoms with Crippen molar-refractivity contribution in [2.24, 2.45) is 5.73 Å². The van der Waals surface area contributed by atoms with Crippen LogP contribution in [0.5, 0.6) is 0 Å². The van der Waals surface area contributed by atoms with Crippen LogP contribution in [0.15, 0.2) is 0 Å². The Labute approximate surface area is 105 Å². The van der Waals surface area contributed by atoms with Crippen molar-refractivity contribution in [2.45, 2.75) is 25.8 Å². The van der Waals surface area contributed by atoms with Gasteiger partial charge in [-0.1, -0.05) is 0 Å². The quantitative estimate of drug-likeness (QED) is 0.628. The minimum atomic E-state index is -0.436. The molecule has 0 aliphatic heterocycles. The Hall–Kier alpha value is -0.650. The minimum absolute atomic E-state index is 0.0308. The second-order valence-electron chi connectivity index (χ2n) is 4.46. The highest BCUT2D eigenvalue weighted by atomic mass is 16.5. The van der Waals surface area contributed by atoms with Gasteiger partial charge in [0.25, 0.3) is 0 Å². The SMILES string of the molecule is CCN(CCCN(C)C)C(=O)C(N)CCOC. The van der Waals surface area contributed by atoms with E-state index >= 15 is 0 Å². The number of likely N-dealkylation sites (N-methyl/N-ethyl adjacent to an activating group) is 1. The molecular weight excluding hydrogens is 218 g/mol. The van der Waals surface area contributed by atoms with E-state index in [2.05, 4.69) is 4.90 Å². The zero-order valence-electron chi connectivity index (χ0n) is 11.6. The molecule has 0 saturated carbocycles. The third-order valence-corrected chi connectivity index (χ3v) is 2.68. The molecule has 0 rings (SSSR count). The molecular formula is C12H27N3O2. The maximum Gasteiger partial charge on any atom is 0.239 e. The summed E-state index contributed by atoms with van der Waals surface area (Å²) in [5.41, 5.74) is 5.83. The van der Waals surface area contributed by atoms with E-state index in [0.29, 0.717) is 19.6 Å². The lowest BCUT2D eigenvalue weighted by molar-refractivity contribution is -0.132. The summed E-state index contributed by atoms with van der Waals surface area (Å²) >= 11 is 0. The number of hydrogen-bond donors (Lipinski definition) is 1. The van der Waals surface area contributed by atoms with Gasteiger partial charge in [-0.3, -0.25) is 4.79 Å². The first-order chi connectivity index (χ1) is 8.02. The molecule has 5 heteroatoms. The molecule has 5 nitrogen and oxygen atoms in total. The lowest BCUT2D eigenvalue weighted by Crippen LogP contribution is -2.45. The Kier molecular flexibility index (Phi) is 9.03. The van der Waals surface area contributed by atoms with Gasteiger partial charge in [-0.05, 0) is 40.4 Å². The second kappa shape index (κ2) is 9.39. The molecule has 1 atom stereocenters. The summed E-state index contributed by atoms with van der Waals surface area (Å²) in [6.07, 6.45) is 1.56. The molecule has 0 aromatic carbocycles. The molecule has 0 spiro atoms. The van der Waals surface area contributed by atoms with Crippen LogP contribution >= 0.6 is 0 Å². The smallest absolute Gasteiger partial charge is 0.239 e. The van der Waals surface area contributed by atoms with Gasteiger partial charge in [0.1, 0.15) is 0 Å². The van der Waals surface area contributed by atoms with Crippen LogP contribution < -0.4 is 5.73 Å². The summed E-state index contributed by atoms with van der Waals surface area (Å²) in [4.78, 5) is 15.9. The average Bonchev–Trinajstić information content (AvgIpc) is 2.30. The van der Waals surface area contributed by atoms with Crippen LogP contribution in [0.4, 0.5) is 0 Å². The highest BCUT2D eigenvalue weighted by Crippen LogP contribution is 2.00. The molecule has 0 aromatic heterocycles. The van der Waals surface area contributed by atoms with E-state index in [1.165, 1.54) is 0 Å². The maximum atomic E-state index is 12.0. The Morgan fingerprint density at radius 1 is 1.35 bits per heavy atom. The molecule has 0 heterocycles. The Morgan fingerprint density at radius 2 is 2.00 bits per heavy atom. The third-order valence-electron chi connectivity index (χ3n) is 2.68. The molecule has 1 amide bonds. The molecule has 0 aliphatic carbocycles. The van der Waals surface area contributed by atoms with E-state index in [1.807, 2.05) is 25.9 Å². The number of ether oxygens (including phenoxy) is 1. The molecule has 1 unspecified atom stereocenters. The van der Waals surface area contributed by atoms with Crippen molar-refractivity contribution in [1.29, 1.82) is 0 Å². The van der Waals surface area contributed by atoms with Crippen molar-refractivity contribution in [1.82, 2.24) is 9.80 Å². The van der Waals surface area contributed by atoms with E-state index in [9.17, 15) is 4.79 Å². The number of methoxy groups -OCH3 is 1. The van der Waals surface area contributed by atoms with Gasteiger partial charge >= 0.3 is 0 Å². The normalized spacial score (nSPS) is 12.8. The van der Waals surface area contributed by atoms with Crippen molar-refractivity contribution in [2.75, 3.05) is 47.4 Å². The molecule has 0 bridgehead atoms. The number of hydrogen-bond acceptors (Lipinski definition) is 4. The number of amides is 1. The predicted molar refractivity (Wildman–Crippen MR) is 69.9 cm³/mol. The fraction of sp³-hybridized carbons (Fsp3) is 0.917. The molecule has 0 fully saturated rings. The molecule has 0 radical (unpaired) electrons. The maximum absolute atomic E-state index is 12.0. The molecule has 0 aliphatic rings. The highest BCUT2D eigenvalue weighted by molar-refractivity contribution is 5.81. The van der Waals surface area contributed by atoms with E-state index in [4.69, 9.17) is 10.5 Å². The first-order valence-electron chi connectivity index (χ1n) is 6.21. The Bertz CT molecular complexity index is 210. The number of carbonyl (C=O) groups is 1. The summed E-state index contributed by atoms with van der Waals surface area (Å²) < 4.78 is 4.93. The fourth-order valence-corrected chi connectivity index (χ4v) is 1.60. The van der Waals surface area contributed by atoms with E-state index < -0.39 is 6.04 Å². The third kappa shape index (κ3) is 7.31. The summed E-state index contributed by atoms with van der Waals surface area (Å²) in [5.74, 6) is 0.0308. The van der Waals surface area contributed by atoms with Crippen LogP contribution in [0.25, 0.3) is 0 Å². The van der Waals surface area contributed by atoms with E-state index in [0.717, 1.165) is 19.5 Å². The lowest BCUT2D eigenvalue weighted by Gasteiger charge is -2.24. The van der Waals surface area contributed by atoms with Crippen molar-refractivity contribution >= 4 is 5.91 Å². The molecule has 0 saturated heterocycles. The first kappa shape index (κ1) is 16.4. The van der Waals surface area contributed by atoms with Crippen LogP contribution in [-0.4, -0.2) is 69.2 Å². The summed E-state index contributed by atoms with van der Waals surface area (Å²) in [7, 11) is 5.68. The highest BCUT2D eigenvalue weighted by Gasteiger charge is 2.18. The van der Waals surface area contributed by atoms with Crippen LogP contribution in [-0.2, 0) is 9.53 Å². The van der Waals surface area contributed by atoms with Gasteiger partial charge in [0.05, 0.1) is 6.04 Å². The molecule has 102 valence electrons. The zero-order chi connectivity index (χ0) is 13.3. The standard InChI is InChI=1S/C12H27N3O2/c1-5-15(9-6-8-14(2)3)12(16)11(13)7-10-17-4/h11H,5-10,13H2,1-4H3. The predicted octanol–water partition coefficient (Wildman–Crippen LogP) is 0.150. The van der Waals surface area contributed by atoms with Crippen molar-refractivity contribution in [3.8, 4) is 0 Å². The van der Waals surface area contributed by atoms with Gasteiger partial charge in [-0.2, -0.15) is 0 Å². The Balaban J connectivity index is 4.01. The van der Waals surface area contributed by atoms with Crippen LogP contribution in [0, 0.1) is 0 Å². The summed E-state index contributed by atoms with van der Waals surface area (Å²) in [6.45, 7) is 4.98. The minimum Gasteiger partial charge on any atom is -0.385 e. The number of nitrogens with zero attached hydrogens (tertiary/aromatic N) is 2. The van der Waals surface area contributed by atoms with Crippen LogP contribution in [0.2, 0.25) is 0 Å². The van der Waals surface area contributed by atoms with Gasteiger partial charge in [0, 0.05) is 26.8 Å². The second-order valence-corrected chi connectivity index (χ2v) is 4.46. The molecule has 2 N–H and O–H groups in total. The van der Waals surface area contributed by atoms with E-state index in [-0.39, 0.29) is 5.91 Å². The Morgan fingerprint density at radius 3 is 2.47 bits per heavy atom. The summed E-state index contributed by atoms with van der Waals surface area (Å²) in [5, 5.41) is 0. The zero-order valence-corrected chi connectivity index (χ0v) is 11.6. The monoisotopic (exact) mass is 245 g/mol. The van der Waals surface area contributed by atoms with Gasteiger partial charge in [0.15, 0.2) is 0 Å². The number of nitrogens with two attached hydrogens (primary N) is 1. The van der Waals surface area contributed by atoms with Crippen LogP contribution in [0.3, 0.4) is 0 Å². The van der Waals surface area contributed by atoms with Crippen molar-refractivity contribution in [3.05, 3.63) is 0 Å². The first-order valence-corrected chi connectivity index (χ1v) is 6.21. The number of rotatable bonds is 9. The number of carbonyl (C=O) groups excluding carboxylic acids is 1. The van der Waals surface area contributed by atoms with E-state index in [1.54, 1.807) is 7.11 Å². The molecule has 0 aromatic rings. The topological polar surface area (TPSA) is 58.8 Å². The van der Waals surface area contributed by atoms with Crippen LogP contribution in [0.1, 0.15) is 19.8 Å². The van der Waals surface area contributed by atoms with Gasteiger partial charge in [-0.25, -0.2) is 0 Å². The van der Waals surface area contributed by atoms with Crippen molar-refractivity contribution < 1.29 is 9.53 Å². The van der Waals surface area contributed by atoms with Gasteiger partial charge in [-0.15, -0.1) is 0 Å². The fourth-order valence-electron chi connectivity index (χ4n) is 1.60. The summed E-state index contributed by atoms with van der Waals surface area (Å²) in [6, 6.07) is -0.436. The van der Waals surface area contributed by atoms with Crippen molar-refractivity contribution in [3.63, 3.8) is 0 Å². The largest absolute Gasteiger partial charge is 0.385 e. The van der Waals surface area contributed by atoms with Gasteiger partial charge < -0.3 is 20.3 Å². The lowest BCUT2D eigenvalue weighted by atomic mass is 10.2. The average molecular weight is 245 g/mol. The molecule has 17 heavy (non-hydrogen) atoms.